The van der Waals surface area contributed by atoms with Gasteiger partial charge in [0.2, 0.25) is 0 Å². The fraction of sp³-hybridized carbons (Fsp3) is 0.200. The molecule has 1 aromatic carbocycles. The molecule has 0 aromatic heterocycles. The highest BCUT2D eigenvalue weighted by Crippen LogP contribution is 2.28. The van der Waals surface area contributed by atoms with Crippen LogP contribution in [0.3, 0.4) is 0 Å². The normalized spacial score (nSPS) is 19.9. The lowest BCUT2D eigenvalue weighted by molar-refractivity contribution is 0.0682. The zero-order valence-corrected chi connectivity index (χ0v) is 8.87. The Kier molecular flexibility index (Phi) is 2.85. The molecule has 1 aliphatic heterocycles. The van der Waals surface area contributed by atoms with Gasteiger partial charge in [-0.05, 0) is 12.1 Å². The van der Waals surface area contributed by atoms with E-state index in [1.165, 1.54) is 0 Å². The second-order valence-electron chi connectivity index (χ2n) is 2.96. The SMILES string of the molecule is ClCN1C=COC1c1ccc(Cl)cc1. The second-order valence-corrected chi connectivity index (χ2v) is 3.63. The molecule has 0 N–H and O–H groups in total. The topological polar surface area (TPSA) is 12.5 Å². The van der Waals surface area contributed by atoms with Crippen molar-refractivity contribution >= 4 is 23.2 Å². The largest absolute Gasteiger partial charge is 0.472 e. The molecule has 14 heavy (non-hydrogen) atoms. The van der Waals surface area contributed by atoms with Gasteiger partial charge < -0.3 is 9.64 Å². The van der Waals surface area contributed by atoms with E-state index in [1.54, 1.807) is 6.26 Å². The molecule has 0 spiro atoms. The van der Waals surface area contributed by atoms with Gasteiger partial charge in [-0.15, -0.1) is 11.6 Å². The lowest BCUT2D eigenvalue weighted by Crippen LogP contribution is -2.18. The van der Waals surface area contributed by atoms with E-state index < -0.39 is 0 Å². The highest BCUT2D eigenvalue weighted by molar-refractivity contribution is 6.30. The first kappa shape index (κ1) is 9.69. The van der Waals surface area contributed by atoms with E-state index in [0.717, 1.165) is 10.6 Å². The van der Waals surface area contributed by atoms with Gasteiger partial charge in [0.1, 0.15) is 6.26 Å². The van der Waals surface area contributed by atoms with Gasteiger partial charge in [-0.2, -0.15) is 0 Å². The van der Waals surface area contributed by atoms with Gasteiger partial charge in [-0.1, -0.05) is 23.7 Å². The summed E-state index contributed by atoms with van der Waals surface area (Å²) in [7, 11) is 0. The van der Waals surface area contributed by atoms with Crippen molar-refractivity contribution in [2.45, 2.75) is 6.23 Å². The molecule has 1 atom stereocenters. The van der Waals surface area contributed by atoms with Crippen LogP contribution in [0.1, 0.15) is 11.8 Å². The molecule has 0 bridgehead atoms. The average Bonchev–Trinajstić information content (AvgIpc) is 2.67. The smallest absolute Gasteiger partial charge is 0.198 e. The lowest BCUT2D eigenvalue weighted by atomic mass is 10.2. The van der Waals surface area contributed by atoms with Crippen molar-refractivity contribution < 1.29 is 4.74 Å². The van der Waals surface area contributed by atoms with Gasteiger partial charge in [0.15, 0.2) is 6.23 Å². The van der Waals surface area contributed by atoms with E-state index >= 15 is 0 Å². The minimum atomic E-state index is -0.121. The monoisotopic (exact) mass is 229 g/mol. The molecule has 0 saturated carbocycles. The van der Waals surface area contributed by atoms with Crippen LogP contribution in [0.5, 0.6) is 0 Å². The van der Waals surface area contributed by atoms with Crippen LogP contribution in [0.25, 0.3) is 0 Å². The third-order valence-electron chi connectivity index (χ3n) is 2.05. The molecule has 0 aliphatic carbocycles. The Morgan fingerprint density at radius 1 is 1.29 bits per heavy atom. The maximum absolute atomic E-state index is 5.79. The summed E-state index contributed by atoms with van der Waals surface area (Å²) in [6.07, 6.45) is 3.35. The predicted octanol–water partition coefficient (Wildman–Crippen LogP) is 3.34. The summed E-state index contributed by atoms with van der Waals surface area (Å²) in [5.74, 6) is 0. The van der Waals surface area contributed by atoms with Crippen molar-refractivity contribution in [3.63, 3.8) is 0 Å². The van der Waals surface area contributed by atoms with Crippen LogP contribution in [0.4, 0.5) is 0 Å². The molecule has 74 valence electrons. The Balaban J connectivity index is 2.19. The molecule has 0 fully saturated rings. The van der Waals surface area contributed by atoms with E-state index in [9.17, 15) is 0 Å². The fourth-order valence-corrected chi connectivity index (χ4v) is 1.68. The minimum Gasteiger partial charge on any atom is -0.472 e. The molecular weight excluding hydrogens is 221 g/mol. The number of ether oxygens (including phenoxy) is 1. The van der Waals surface area contributed by atoms with Gasteiger partial charge in [0, 0.05) is 16.8 Å². The Labute approximate surface area is 92.7 Å². The number of rotatable bonds is 2. The molecule has 1 unspecified atom stereocenters. The summed E-state index contributed by atoms with van der Waals surface area (Å²) in [5, 5.41) is 0.720. The molecule has 2 nitrogen and oxygen atoms in total. The summed E-state index contributed by atoms with van der Waals surface area (Å²) in [6, 6.07) is 7.94. The quantitative estimate of drug-likeness (QED) is 0.570. The van der Waals surface area contributed by atoms with E-state index in [2.05, 4.69) is 0 Å². The summed E-state index contributed by atoms with van der Waals surface area (Å²) >= 11 is 11.5. The van der Waals surface area contributed by atoms with Gasteiger partial charge in [-0.3, -0.25) is 0 Å². The zero-order valence-electron chi connectivity index (χ0n) is 7.36. The number of benzene rings is 1. The maximum atomic E-state index is 5.79. The summed E-state index contributed by atoms with van der Waals surface area (Å²) in [6.45, 7) is 0. The van der Waals surface area contributed by atoms with Gasteiger partial charge in [0.25, 0.3) is 0 Å². The highest BCUT2D eigenvalue weighted by Gasteiger charge is 2.21. The van der Waals surface area contributed by atoms with Crippen LogP contribution < -0.4 is 0 Å². The molecule has 0 radical (unpaired) electrons. The first-order chi connectivity index (χ1) is 6.81. The van der Waals surface area contributed by atoms with Gasteiger partial charge in [-0.25, -0.2) is 0 Å². The third-order valence-corrected chi connectivity index (χ3v) is 2.58. The fourth-order valence-electron chi connectivity index (χ4n) is 1.34. The molecule has 1 aliphatic rings. The van der Waals surface area contributed by atoms with Crippen molar-refractivity contribution in [3.8, 4) is 0 Å². The number of alkyl halides is 1. The minimum absolute atomic E-state index is 0.121. The van der Waals surface area contributed by atoms with E-state index in [-0.39, 0.29) is 6.23 Å². The Morgan fingerprint density at radius 2 is 2.00 bits per heavy atom. The van der Waals surface area contributed by atoms with Crippen LogP contribution in [0.15, 0.2) is 36.7 Å². The second kappa shape index (κ2) is 4.11. The van der Waals surface area contributed by atoms with Crippen molar-refractivity contribution in [1.82, 2.24) is 4.90 Å². The molecule has 2 rings (SSSR count). The van der Waals surface area contributed by atoms with Crippen molar-refractivity contribution in [3.05, 3.63) is 47.3 Å². The zero-order chi connectivity index (χ0) is 9.97. The molecular formula is C10H9Cl2NO. The standard InChI is InChI=1S/C10H9Cl2NO/c11-7-13-5-6-14-10(13)8-1-3-9(12)4-2-8/h1-6,10H,7H2. The van der Waals surface area contributed by atoms with Crippen LogP contribution >= 0.6 is 23.2 Å². The number of halogens is 2. The predicted molar refractivity (Wildman–Crippen MR) is 57.0 cm³/mol. The van der Waals surface area contributed by atoms with Crippen LogP contribution in [0, 0.1) is 0 Å². The Hall–Kier alpha value is -0.860. The van der Waals surface area contributed by atoms with Crippen LogP contribution in [-0.4, -0.2) is 10.9 Å². The maximum Gasteiger partial charge on any atom is 0.198 e. The summed E-state index contributed by atoms with van der Waals surface area (Å²) < 4.78 is 5.40. The Bertz CT molecular complexity index is 336. The first-order valence-electron chi connectivity index (χ1n) is 4.20. The summed E-state index contributed by atoms with van der Waals surface area (Å²) in [4.78, 5) is 1.89. The van der Waals surface area contributed by atoms with Crippen molar-refractivity contribution in [2.24, 2.45) is 0 Å². The molecule has 0 amide bonds. The number of hydrogen-bond donors (Lipinski definition) is 0. The van der Waals surface area contributed by atoms with Gasteiger partial charge >= 0.3 is 0 Å². The summed E-state index contributed by atoms with van der Waals surface area (Å²) in [5.41, 5.74) is 1.04. The van der Waals surface area contributed by atoms with Crippen LogP contribution in [0.2, 0.25) is 5.02 Å². The van der Waals surface area contributed by atoms with Crippen LogP contribution in [-0.2, 0) is 4.74 Å². The molecule has 1 heterocycles. The van der Waals surface area contributed by atoms with E-state index in [1.807, 2.05) is 35.4 Å². The number of nitrogens with zero attached hydrogens (tertiary/aromatic N) is 1. The number of hydrogen-bond acceptors (Lipinski definition) is 2. The van der Waals surface area contributed by atoms with Crippen molar-refractivity contribution in [1.29, 1.82) is 0 Å². The molecule has 4 heteroatoms. The lowest BCUT2D eigenvalue weighted by Gasteiger charge is -2.21. The van der Waals surface area contributed by atoms with Gasteiger partial charge in [0.05, 0.1) is 6.00 Å². The Morgan fingerprint density at radius 3 is 2.64 bits per heavy atom. The molecule has 1 aromatic rings. The average molecular weight is 230 g/mol. The van der Waals surface area contributed by atoms with Crippen molar-refractivity contribution in [2.75, 3.05) is 6.00 Å². The first-order valence-corrected chi connectivity index (χ1v) is 5.12. The van der Waals surface area contributed by atoms with E-state index in [4.69, 9.17) is 27.9 Å². The molecule has 0 saturated heterocycles. The highest BCUT2D eigenvalue weighted by atomic mass is 35.5. The third kappa shape index (κ3) is 1.81. The van der Waals surface area contributed by atoms with E-state index in [0.29, 0.717) is 6.00 Å².